The predicted molar refractivity (Wildman–Crippen MR) is 72.3 cm³/mol. The first-order chi connectivity index (χ1) is 8.06. The van der Waals surface area contributed by atoms with Crippen LogP contribution in [0.5, 0.6) is 0 Å². The fourth-order valence-electron chi connectivity index (χ4n) is 1.73. The monoisotopic (exact) mass is 268 g/mol. The van der Waals surface area contributed by atoms with E-state index in [9.17, 15) is 4.79 Å². The number of hydrogen-bond donors (Lipinski definition) is 2. The van der Waals surface area contributed by atoms with Gasteiger partial charge in [-0.15, -0.1) is 11.8 Å². The highest BCUT2D eigenvalue weighted by Crippen LogP contribution is 2.38. The van der Waals surface area contributed by atoms with Crippen molar-refractivity contribution in [3.05, 3.63) is 40.9 Å². The molecule has 3 nitrogen and oxygen atoms in total. The van der Waals surface area contributed by atoms with Gasteiger partial charge in [-0.25, -0.2) is 0 Å². The van der Waals surface area contributed by atoms with Crippen molar-refractivity contribution in [3.63, 3.8) is 0 Å². The number of amides is 1. The minimum absolute atomic E-state index is 0.0943. The Bertz CT molecular complexity index is 458. The standard InChI is InChI=1S/C12H13ClN2OS/c13-9-3-1-7(2-4-9)10-5-8(12(15)16)6-11(14)17-10/h1-5,8,11H,6,14H2,(H2,15,16). The van der Waals surface area contributed by atoms with E-state index >= 15 is 0 Å². The molecule has 0 saturated carbocycles. The van der Waals surface area contributed by atoms with Crippen LogP contribution in [0.2, 0.25) is 5.02 Å². The minimum atomic E-state index is -0.327. The van der Waals surface area contributed by atoms with E-state index in [0.29, 0.717) is 11.4 Å². The van der Waals surface area contributed by atoms with Gasteiger partial charge in [-0.2, -0.15) is 0 Å². The van der Waals surface area contributed by atoms with Crippen LogP contribution in [0.4, 0.5) is 0 Å². The Kier molecular flexibility index (Phi) is 3.76. The largest absolute Gasteiger partial charge is 0.369 e. The summed E-state index contributed by atoms with van der Waals surface area (Å²) in [5.74, 6) is -0.607. The highest BCUT2D eigenvalue weighted by atomic mass is 35.5. The van der Waals surface area contributed by atoms with Crippen LogP contribution in [0.15, 0.2) is 30.3 Å². The third-order valence-corrected chi connectivity index (χ3v) is 3.98. The van der Waals surface area contributed by atoms with Crippen molar-refractivity contribution >= 4 is 34.2 Å². The summed E-state index contributed by atoms with van der Waals surface area (Å²) in [6.07, 6.45) is 2.48. The number of halogens is 1. The molecule has 2 atom stereocenters. The van der Waals surface area contributed by atoms with Crippen LogP contribution in [-0.2, 0) is 4.79 Å². The van der Waals surface area contributed by atoms with Crippen molar-refractivity contribution < 1.29 is 4.79 Å². The van der Waals surface area contributed by atoms with Gasteiger partial charge >= 0.3 is 0 Å². The molecule has 0 aliphatic carbocycles. The lowest BCUT2D eigenvalue weighted by atomic mass is 10.0. The lowest BCUT2D eigenvalue weighted by Gasteiger charge is -2.23. The molecule has 17 heavy (non-hydrogen) atoms. The zero-order valence-corrected chi connectivity index (χ0v) is 10.7. The lowest BCUT2D eigenvalue weighted by Crippen LogP contribution is -2.30. The van der Waals surface area contributed by atoms with E-state index in [2.05, 4.69) is 0 Å². The molecule has 1 heterocycles. The SMILES string of the molecule is NC(=O)C1C=C(c2ccc(Cl)cc2)SC(N)C1. The number of benzene rings is 1. The normalized spacial score (nSPS) is 24.2. The number of primary amides is 1. The molecule has 0 radical (unpaired) electrons. The van der Waals surface area contributed by atoms with E-state index in [0.717, 1.165) is 10.5 Å². The Morgan fingerprint density at radius 3 is 2.59 bits per heavy atom. The number of rotatable bonds is 2. The molecule has 5 heteroatoms. The molecule has 2 unspecified atom stereocenters. The summed E-state index contributed by atoms with van der Waals surface area (Å²) in [5.41, 5.74) is 12.2. The van der Waals surface area contributed by atoms with E-state index in [1.54, 1.807) is 11.8 Å². The molecule has 2 rings (SSSR count). The maximum absolute atomic E-state index is 11.2. The first-order valence-electron chi connectivity index (χ1n) is 5.25. The third kappa shape index (κ3) is 3.03. The van der Waals surface area contributed by atoms with E-state index in [-0.39, 0.29) is 17.2 Å². The van der Waals surface area contributed by atoms with Crippen molar-refractivity contribution in [3.8, 4) is 0 Å². The second-order valence-corrected chi connectivity index (χ2v) is 5.66. The van der Waals surface area contributed by atoms with E-state index in [1.165, 1.54) is 0 Å². The molecular weight excluding hydrogens is 256 g/mol. The zero-order chi connectivity index (χ0) is 12.4. The number of hydrogen-bond acceptors (Lipinski definition) is 3. The van der Waals surface area contributed by atoms with E-state index in [1.807, 2.05) is 30.3 Å². The summed E-state index contributed by atoms with van der Waals surface area (Å²) in [6.45, 7) is 0. The predicted octanol–water partition coefficient (Wildman–Crippen LogP) is 2.20. The number of carbonyl (C=O) groups is 1. The summed E-state index contributed by atoms with van der Waals surface area (Å²) >= 11 is 7.39. The summed E-state index contributed by atoms with van der Waals surface area (Å²) in [6, 6.07) is 7.46. The van der Waals surface area contributed by atoms with Gasteiger partial charge in [0.1, 0.15) is 0 Å². The Morgan fingerprint density at radius 2 is 2.00 bits per heavy atom. The topological polar surface area (TPSA) is 69.1 Å². The summed E-state index contributed by atoms with van der Waals surface area (Å²) in [4.78, 5) is 12.2. The van der Waals surface area contributed by atoms with Crippen LogP contribution < -0.4 is 11.5 Å². The van der Waals surface area contributed by atoms with Crippen LogP contribution in [0.1, 0.15) is 12.0 Å². The van der Waals surface area contributed by atoms with Crippen molar-refractivity contribution in [2.24, 2.45) is 17.4 Å². The van der Waals surface area contributed by atoms with Gasteiger partial charge < -0.3 is 11.5 Å². The van der Waals surface area contributed by atoms with Gasteiger partial charge in [0.05, 0.1) is 11.3 Å². The Morgan fingerprint density at radius 1 is 1.35 bits per heavy atom. The van der Waals surface area contributed by atoms with Crippen LogP contribution in [-0.4, -0.2) is 11.3 Å². The number of nitrogens with two attached hydrogens (primary N) is 2. The third-order valence-electron chi connectivity index (χ3n) is 2.61. The average molecular weight is 269 g/mol. The molecule has 1 amide bonds. The van der Waals surface area contributed by atoms with Crippen molar-refractivity contribution in [1.29, 1.82) is 0 Å². The van der Waals surface area contributed by atoms with Crippen molar-refractivity contribution in [1.82, 2.24) is 0 Å². The van der Waals surface area contributed by atoms with E-state index in [4.69, 9.17) is 23.1 Å². The van der Waals surface area contributed by atoms with Crippen LogP contribution in [0.25, 0.3) is 4.91 Å². The Labute approximate surface area is 109 Å². The molecule has 0 bridgehead atoms. The van der Waals surface area contributed by atoms with Crippen LogP contribution >= 0.6 is 23.4 Å². The maximum Gasteiger partial charge on any atom is 0.224 e. The zero-order valence-electron chi connectivity index (χ0n) is 9.10. The van der Waals surface area contributed by atoms with Crippen LogP contribution in [0, 0.1) is 5.92 Å². The fraction of sp³-hybridized carbons (Fsp3) is 0.250. The minimum Gasteiger partial charge on any atom is -0.369 e. The molecule has 4 N–H and O–H groups in total. The molecular formula is C12H13ClN2OS. The van der Waals surface area contributed by atoms with Gasteiger partial charge in [-0.05, 0) is 24.1 Å². The second-order valence-electron chi connectivity index (χ2n) is 3.94. The summed E-state index contributed by atoms with van der Waals surface area (Å²) in [5, 5.41) is 0.592. The second kappa shape index (κ2) is 5.12. The maximum atomic E-state index is 11.2. The highest BCUT2D eigenvalue weighted by molar-refractivity contribution is 8.08. The fourth-order valence-corrected chi connectivity index (χ4v) is 3.00. The number of carbonyl (C=O) groups excluding carboxylic acids is 1. The van der Waals surface area contributed by atoms with Gasteiger partial charge in [0.15, 0.2) is 0 Å². The molecule has 90 valence electrons. The Balaban J connectivity index is 2.30. The van der Waals surface area contributed by atoms with E-state index < -0.39 is 0 Å². The van der Waals surface area contributed by atoms with Crippen LogP contribution in [0.3, 0.4) is 0 Å². The first-order valence-corrected chi connectivity index (χ1v) is 6.51. The lowest BCUT2D eigenvalue weighted by molar-refractivity contribution is -0.120. The van der Waals surface area contributed by atoms with Gasteiger partial charge in [-0.1, -0.05) is 29.8 Å². The van der Waals surface area contributed by atoms with Gasteiger partial charge in [0.2, 0.25) is 5.91 Å². The van der Waals surface area contributed by atoms with Gasteiger partial charge in [-0.3, -0.25) is 4.79 Å². The first kappa shape index (κ1) is 12.5. The molecule has 0 fully saturated rings. The highest BCUT2D eigenvalue weighted by Gasteiger charge is 2.24. The smallest absolute Gasteiger partial charge is 0.224 e. The molecule has 1 aliphatic rings. The molecule has 0 aromatic heterocycles. The molecule has 0 spiro atoms. The van der Waals surface area contributed by atoms with Gasteiger partial charge in [0.25, 0.3) is 0 Å². The molecule has 1 aromatic rings. The average Bonchev–Trinajstić information content (AvgIpc) is 2.29. The summed E-state index contributed by atoms with van der Waals surface area (Å²) in [7, 11) is 0. The quantitative estimate of drug-likeness (QED) is 0.864. The van der Waals surface area contributed by atoms with Gasteiger partial charge in [0, 0.05) is 9.93 Å². The molecule has 1 aromatic carbocycles. The summed E-state index contributed by atoms with van der Waals surface area (Å²) < 4.78 is 0. The van der Waals surface area contributed by atoms with Crippen molar-refractivity contribution in [2.75, 3.05) is 0 Å². The Hall–Kier alpha value is -0.970. The molecule has 0 saturated heterocycles. The molecule has 1 aliphatic heterocycles. The number of thioether (sulfide) groups is 1. The van der Waals surface area contributed by atoms with Crippen molar-refractivity contribution in [2.45, 2.75) is 11.8 Å².